The van der Waals surface area contributed by atoms with Gasteiger partial charge in [0.2, 0.25) is 0 Å². The first-order chi connectivity index (χ1) is 9.47. The molecule has 0 atom stereocenters. The fourth-order valence-corrected chi connectivity index (χ4v) is 1.34. The van der Waals surface area contributed by atoms with Crippen molar-refractivity contribution in [2.24, 2.45) is 5.92 Å². The number of rotatable bonds is 6. The molecule has 0 saturated carbocycles. The van der Waals surface area contributed by atoms with Crippen LogP contribution in [0.4, 0.5) is 0 Å². The summed E-state index contributed by atoms with van der Waals surface area (Å²) in [5, 5.41) is 0.618. The zero-order valence-corrected chi connectivity index (χ0v) is 12.2. The molecule has 0 aliphatic carbocycles. The number of esters is 2. The summed E-state index contributed by atoms with van der Waals surface area (Å²) in [6.07, 6.45) is 2.12. The van der Waals surface area contributed by atoms with Gasteiger partial charge in [0, 0.05) is 17.2 Å². The van der Waals surface area contributed by atoms with Crippen LogP contribution in [0.2, 0.25) is 5.02 Å². The average molecular weight is 297 g/mol. The fraction of sp³-hybridized carbons (Fsp3) is 0.333. The molecule has 0 bridgehead atoms. The van der Waals surface area contributed by atoms with E-state index >= 15 is 0 Å². The molecule has 0 N–H and O–H groups in total. The highest BCUT2D eigenvalue weighted by Gasteiger charge is 2.03. The highest BCUT2D eigenvalue weighted by molar-refractivity contribution is 6.30. The molecule has 0 saturated heterocycles. The second-order valence-electron chi connectivity index (χ2n) is 4.59. The summed E-state index contributed by atoms with van der Waals surface area (Å²) in [5.74, 6) is -0.896. The lowest BCUT2D eigenvalue weighted by Gasteiger charge is -2.04. The molecule has 20 heavy (non-hydrogen) atoms. The molecule has 108 valence electrons. The number of hydrogen-bond donors (Lipinski definition) is 0. The molecule has 0 amide bonds. The van der Waals surface area contributed by atoms with E-state index in [9.17, 15) is 9.59 Å². The van der Waals surface area contributed by atoms with Gasteiger partial charge in [0.15, 0.2) is 0 Å². The molecule has 0 aromatic heterocycles. The van der Waals surface area contributed by atoms with Crippen LogP contribution in [-0.2, 0) is 25.7 Å². The monoisotopic (exact) mass is 296 g/mol. The zero-order chi connectivity index (χ0) is 15.0. The maximum atomic E-state index is 11.4. The SMILES string of the molecule is CC(C)COC(=O)/C=C/C(=O)OCc1ccc(Cl)cc1. The molecule has 0 aliphatic rings. The predicted octanol–water partition coefficient (Wildman–Crippen LogP) is 3.14. The normalized spacial score (nSPS) is 10.8. The van der Waals surface area contributed by atoms with E-state index < -0.39 is 11.9 Å². The summed E-state index contributed by atoms with van der Waals surface area (Å²) in [6.45, 7) is 4.30. The van der Waals surface area contributed by atoms with Gasteiger partial charge in [0.25, 0.3) is 0 Å². The van der Waals surface area contributed by atoms with Crippen molar-refractivity contribution in [1.29, 1.82) is 0 Å². The molecule has 0 heterocycles. The minimum Gasteiger partial charge on any atom is -0.462 e. The number of hydrogen-bond acceptors (Lipinski definition) is 4. The summed E-state index contributed by atoms with van der Waals surface area (Å²) >= 11 is 5.74. The van der Waals surface area contributed by atoms with E-state index in [1.165, 1.54) is 0 Å². The van der Waals surface area contributed by atoms with Gasteiger partial charge in [-0.3, -0.25) is 0 Å². The van der Waals surface area contributed by atoms with E-state index in [-0.39, 0.29) is 12.5 Å². The number of ether oxygens (including phenoxy) is 2. The van der Waals surface area contributed by atoms with Crippen LogP contribution in [0.1, 0.15) is 19.4 Å². The number of benzene rings is 1. The first-order valence-corrected chi connectivity index (χ1v) is 6.61. The number of carbonyl (C=O) groups excluding carboxylic acids is 2. The standard InChI is InChI=1S/C15H17ClO4/c1-11(2)9-19-14(17)7-8-15(18)20-10-12-3-5-13(16)6-4-12/h3-8,11H,9-10H2,1-2H3/b8-7+. The van der Waals surface area contributed by atoms with Crippen LogP contribution >= 0.6 is 11.6 Å². The molecule has 1 aromatic carbocycles. The van der Waals surface area contributed by atoms with Crippen molar-refractivity contribution in [3.8, 4) is 0 Å². The Kier molecular flexibility index (Phi) is 6.81. The number of halogens is 1. The third-order valence-electron chi connectivity index (χ3n) is 2.21. The summed E-state index contributed by atoms with van der Waals surface area (Å²) < 4.78 is 9.85. The van der Waals surface area contributed by atoms with E-state index in [4.69, 9.17) is 21.1 Å². The first-order valence-electron chi connectivity index (χ1n) is 6.23. The largest absolute Gasteiger partial charge is 0.462 e. The van der Waals surface area contributed by atoms with Crippen molar-refractivity contribution in [2.45, 2.75) is 20.5 Å². The Bertz CT molecular complexity index is 477. The van der Waals surface area contributed by atoms with Gasteiger partial charge in [-0.25, -0.2) is 9.59 Å². The molecule has 5 heteroatoms. The van der Waals surface area contributed by atoms with Crippen LogP contribution < -0.4 is 0 Å². The second-order valence-corrected chi connectivity index (χ2v) is 5.03. The Morgan fingerprint density at radius 1 is 1.10 bits per heavy atom. The molecular weight excluding hydrogens is 280 g/mol. The molecule has 1 aromatic rings. The van der Waals surface area contributed by atoms with E-state index in [0.29, 0.717) is 11.6 Å². The van der Waals surface area contributed by atoms with E-state index in [1.54, 1.807) is 24.3 Å². The smallest absolute Gasteiger partial charge is 0.331 e. The van der Waals surface area contributed by atoms with E-state index in [2.05, 4.69) is 0 Å². The maximum absolute atomic E-state index is 11.4. The highest BCUT2D eigenvalue weighted by Crippen LogP contribution is 2.10. The highest BCUT2D eigenvalue weighted by atomic mass is 35.5. The van der Waals surface area contributed by atoms with Crippen molar-refractivity contribution in [3.05, 3.63) is 47.0 Å². The lowest BCUT2D eigenvalue weighted by atomic mass is 10.2. The van der Waals surface area contributed by atoms with Crippen molar-refractivity contribution in [1.82, 2.24) is 0 Å². The van der Waals surface area contributed by atoms with Crippen LogP contribution in [0, 0.1) is 5.92 Å². The van der Waals surface area contributed by atoms with Crippen LogP contribution in [0.15, 0.2) is 36.4 Å². The minimum atomic E-state index is -0.596. The molecule has 1 rings (SSSR count). The Labute approximate surface area is 123 Å². The van der Waals surface area contributed by atoms with Gasteiger partial charge in [-0.2, -0.15) is 0 Å². The third-order valence-corrected chi connectivity index (χ3v) is 2.46. The lowest BCUT2D eigenvalue weighted by molar-refractivity contribution is -0.141. The molecule has 0 aliphatic heterocycles. The Morgan fingerprint density at radius 3 is 2.20 bits per heavy atom. The number of carbonyl (C=O) groups is 2. The zero-order valence-electron chi connectivity index (χ0n) is 11.5. The molecule has 0 fully saturated rings. The molecule has 0 spiro atoms. The molecule has 0 radical (unpaired) electrons. The van der Waals surface area contributed by atoms with Gasteiger partial charge in [-0.1, -0.05) is 37.6 Å². The van der Waals surface area contributed by atoms with Gasteiger partial charge in [-0.15, -0.1) is 0 Å². The summed E-state index contributed by atoms with van der Waals surface area (Å²) in [6, 6.07) is 6.94. The third kappa shape index (κ3) is 6.95. The topological polar surface area (TPSA) is 52.6 Å². The molecule has 4 nitrogen and oxygen atoms in total. The Morgan fingerprint density at radius 2 is 1.65 bits per heavy atom. The van der Waals surface area contributed by atoms with Gasteiger partial charge in [-0.05, 0) is 23.6 Å². The predicted molar refractivity (Wildman–Crippen MR) is 76.2 cm³/mol. The van der Waals surface area contributed by atoms with Crippen LogP contribution in [0.25, 0.3) is 0 Å². The van der Waals surface area contributed by atoms with Crippen LogP contribution in [-0.4, -0.2) is 18.5 Å². The van der Waals surface area contributed by atoms with Crippen molar-refractivity contribution in [3.63, 3.8) is 0 Å². The quantitative estimate of drug-likeness (QED) is 0.598. The average Bonchev–Trinajstić information content (AvgIpc) is 2.42. The summed E-state index contributed by atoms with van der Waals surface area (Å²) in [7, 11) is 0. The van der Waals surface area contributed by atoms with Crippen LogP contribution in [0.3, 0.4) is 0 Å². The summed E-state index contributed by atoms with van der Waals surface area (Å²) in [5.41, 5.74) is 0.818. The molecular formula is C15H17ClO4. The minimum absolute atomic E-state index is 0.126. The van der Waals surface area contributed by atoms with Crippen LogP contribution in [0.5, 0.6) is 0 Å². The summed E-state index contributed by atoms with van der Waals surface area (Å²) in [4.78, 5) is 22.6. The molecule has 0 unspecified atom stereocenters. The van der Waals surface area contributed by atoms with Crippen molar-refractivity contribution in [2.75, 3.05) is 6.61 Å². The fourth-order valence-electron chi connectivity index (χ4n) is 1.22. The van der Waals surface area contributed by atoms with E-state index in [1.807, 2.05) is 13.8 Å². The Balaban J connectivity index is 2.32. The first kappa shape index (κ1) is 16.2. The van der Waals surface area contributed by atoms with Crippen molar-refractivity contribution < 1.29 is 19.1 Å². The second kappa shape index (κ2) is 8.38. The van der Waals surface area contributed by atoms with Gasteiger partial charge < -0.3 is 9.47 Å². The van der Waals surface area contributed by atoms with Gasteiger partial charge in [0.05, 0.1) is 6.61 Å². The lowest BCUT2D eigenvalue weighted by Crippen LogP contribution is -2.08. The Hall–Kier alpha value is -1.81. The van der Waals surface area contributed by atoms with Gasteiger partial charge >= 0.3 is 11.9 Å². The van der Waals surface area contributed by atoms with Crippen molar-refractivity contribution >= 4 is 23.5 Å². The maximum Gasteiger partial charge on any atom is 0.331 e. The van der Waals surface area contributed by atoms with Gasteiger partial charge in [0.1, 0.15) is 6.61 Å². The van der Waals surface area contributed by atoms with E-state index in [0.717, 1.165) is 17.7 Å².